The van der Waals surface area contributed by atoms with Crippen LogP contribution in [-0.4, -0.2) is 18.2 Å². The van der Waals surface area contributed by atoms with Gasteiger partial charge in [0.1, 0.15) is 8.07 Å². The molecule has 0 aliphatic heterocycles. The van der Waals surface area contributed by atoms with Crippen LogP contribution in [0.1, 0.15) is 47.0 Å². The Labute approximate surface area is 142 Å². The van der Waals surface area contributed by atoms with E-state index in [0.29, 0.717) is 4.37 Å². The van der Waals surface area contributed by atoms with Crippen LogP contribution >= 0.6 is 11.8 Å². The van der Waals surface area contributed by atoms with Crippen molar-refractivity contribution in [2.24, 2.45) is 5.41 Å². The summed E-state index contributed by atoms with van der Waals surface area (Å²) >= 11 is 2.24. The second kappa shape index (κ2) is 6.57. The highest BCUT2D eigenvalue weighted by molar-refractivity contribution is 8.02. The van der Waals surface area contributed by atoms with E-state index in [9.17, 15) is 0 Å². The van der Waals surface area contributed by atoms with Gasteiger partial charge in [-0.05, 0) is 30.4 Å². The molecule has 0 bridgehead atoms. The van der Waals surface area contributed by atoms with Crippen molar-refractivity contribution >= 4 is 19.8 Å². The summed E-state index contributed by atoms with van der Waals surface area (Å²) in [5, 5.41) is 1.65. The molecular weight excluding hydrogens is 300 g/mol. The first-order chi connectivity index (χ1) is 10.3. The van der Waals surface area contributed by atoms with Gasteiger partial charge >= 0.3 is 0 Å². The Kier molecular flexibility index (Phi) is 5.33. The van der Waals surface area contributed by atoms with Crippen molar-refractivity contribution in [1.29, 1.82) is 0 Å². The molecule has 2 rings (SSSR count). The summed E-state index contributed by atoms with van der Waals surface area (Å²) in [7, 11) is -1.61. The number of hydrogen-bond donors (Lipinski definition) is 0. The van der Waals surface area contributed by atoms with E-state index in [-0.39, 0.29) is 5.41 Å². The number of rotatable bonds is 5. The zero-order chi connectivity index (χ0) is 16.4. The van der Waals surface area contributed by atoms with Gasteiger partial charge in [-0.1, -0.05) is 88.0 Å². The summed E-state index contributed by atoms with van der Waals surface area (Å²) in [6, 6.07) is 0. The fourth-order valence-corrected chi connectivity index (χ4v) is 10.6. The smallest absolute Gasteiger partial charge is 0.103 e. The van der Waals surface area contributed by atoms with Crippen LogP contribution in [0.3, 0.4) is 0 Å². The van der Waals surface area contributed by atoms with Crippen molar-refractivity contribution in [2.75, 3.05) is 5.75 Å². The van der Waals surface area contributed by atoms with E-state index >= 15 is 0 Å². The van der Waals surface area contributed by atoms with Crippen molar-refractivity contribution in [2.45, 2.75) is 64.4 Å². The topological polar surface area (TPSA) is 0 Å². The van der Waals surface area contributed by atoms with Gasteiger partial charge in [0.15, 0.2) is 0 Å². The number of allylic oxidation sites excluding steroid dienone is 7. The van der Waals surface area contributed by atoms with Crippen LogP contribution in [0.25, 0.3) is 0 Å². The Morgan fingerprint density at radius 3 is 2.50 bits per heavy atom. The molecule has 0 nitrogen and oxygen atoms in total. The van der Waals surface area contributed by atoms with Crippen molar-refractivity contribution in [3.63, 3.8) is 0 Å². The molecule has 1 unspecified atom stereocenters. The highest BCUT2D eigenvalue weighted by atomic mass is 32.2. The largest absolute Gasteiger partial charge is 0.153 e. The summed E-state index contributed by atoms with van der Waals surface area (Å²) < 4.78 is 0.302. The van der Waals surface area contributed by atoms with E-state index < -0.39 is 8.07 Å². The molecule has 0 heterocycles. The van der Waals surface area contributed by atoms with Crippen molar-refractivity contribution < 1.29 is 0 Å². The molecule has 0 amide bonds. The summed E-state index contributed by atoms with van der Waals surface area (Å²) in [6.07, 6.45) is 17.9. The molecule has 2 heteroatoms. The lowest BCUT2D eigenvalue weighted by molar-refractivity contribution is 0.471. The van der Waals surface area contributed by atoms with Crippen LogP contribution in [0.15, 0.2) is 47.2 Å². The van der Waals surface area contributed by atoms with E-state index in [1.165, 1.54) is 18.6 Å². The predicted molar refractivity (Wildman–Crippen MR) is 106 cm³/mol. The minimum absolute atomic E-state index is 0.235. The molecule has 2 aliphatic carbocycles. The van der Waals surface area contributed by atoms with Crippen LogP contribution in [0, 0.1) is 5.41 Å². The third-order valence-electron chi connectivity index (χ3n) is 5.10. The maximum Gasteiger partial charge on any atom is 0.103 e. The third-order valence-corrected chi connectivity index (χ3v) is 12.9. The van der Waals surface area contributed by atoms with Gasteiger partial charge in [-0.15, -0.1) is 0 Å². The first kappa shape index (κ1) is 17.9. The van der Waals surface area contributed by atoms with E-state index in [1.54, 1.807) is 10.8 Å². The van der Waals surface area contributed by atoms with Gasteiger partial charge in [0.25, 0.3) is 0 Å². The fraction of sp³-hybridized carbons (Fsp3) is 0.600. The Hall–Kier alpha value is -0.473. The zero-order valence-electron chi connectivity index (χ0n) is 15.2. The first-order valence-electron chi connectivity index (χ1n) is 8.64. The van der Waals surface area contributed by atoms with Crippen LogP contribution in [0.5, 0.6) is 0 Å². The second-order valence-corrected chi connectivity index (χ2v) is 14.5. The van der Waals surface area contributed by atoms with Crippen molar-refractivity contribution in [3.8, 4) is 0 Å². The monoisotopic (exact) mass is 332 g/mol. The van der Waals surface area contributed by atoms with E-state index in [0.717, 1.165) is 6.42 Å². The summed E-state index contributed by atoms with van der Waals surface area (Å²) in [5.41, 5.74) is 1.90. The minimum Gasteiger partial charge on any atom is -0.153 e. The second-order valence-electron chi connectivity index (χ2n) is 8.06. The Bertz CT molecular complexity index is 528. The fourth-order valence-electron chi connectivity index (χ4n) is 3.84. The molecule has 0 fully saturated rings. The van der Waals surface area contributed by atoms with E-state index in [1.807, 2.05) is 0 Å². The summed E-state index contributed by atoms with van der Waals surface area (Å²) in [6.45, 7) is 14.7. The molecule has 0 aromatic carbocycles. The summed E-state index contributed by atoms with van der Waals surface area (Å²) in [4.78, 5) is 0. The molecule has 1 atom stereocenters. The van der Waals surface area contributed by atoms with Gasteiger partial charge in [-0.3, -0.25) is 0 Å². The zero-order valence-corrected chi connectivity index (χ0v) is 17.0. The lowest BCUT2D eigenvalue weighted by Gasteiger charge is -2.52. The number of thioether (sulfide) groups is 1. The van der Waals surface area contributed by atoms with Gasteiger partial charge in [-0.2, -0.15) is 11.8 Å². The van der Waals surface area contributed by atoms with E-state index in [4.69, 9.17) is 0 Å². The summed E-state index contributed by atoms with van der Waals surface area (Å²) in [5.74, 6) is 1.26. The molecule has 122 valence electrons. The lowest BCUT2D eigenvalue weighted by Crippen LogP contribution is -2.57. The third kappa shape index (κ3) is 3.10. The molecule has 0 N–H and O–H groups in total. The highest BCUT2D eigenvalue weighted by Crippen LogP contribution is 2.54. The van der Waals surface area contributed by atoms with Gasteiger partial charge in [0, 0.05) is 4.37 Å². The maximum absolute atomic E-state index is 2.59. The van der Waals surface area contributed by atoms with Gasteiger partial charge in [0.05, 0.1) is 0 Å². The molecule has 0 aromatic heterocycles. The van der Waals surface area contributed by atoms with Gasteiger partial charge in [-0.25, -0.2) is 0 Å². The highest BCUT2D eigenvalue weighted by Gasteiger charge is 2.53. The predicted octanol–water partition coefficient (Wildman–Crippen LogP) is 6.47. The molecule has 22 heavy (non-hydrogen) atoms. The lowest BCUT2D eigenvalue weighted by atomic mass is 9.81. The Morgan fingerprint density at radius 2 is 1.95 bits per heavy atom. The molecule has 0 saturated heterocycles. The normalized spacial score (nSPS) is 25.4. The van der Waals surface area contributed by atoms with Gasteiger partial charge in [0.2, 0.25) is 0 Å². The van der Waals surface area contributed by atoms with Crippen LogP contribution in [0.4, 0.5) is 0 Å². The van der Waals surface area contributed by atoms with Crippen LogP contribution in [-0.2, 0) is 0 Å². The maximum atomic E-state index is 2.59. The average Bonchev–Trinajstić information content (AvgIpc) is 2.99. The first-order valence-corrected chi connectivity index (χ1v) is 12.6. The molecule has 0 radical (unpaired) electrons. The average molecular weight is 333 g/mol. The van der Waals surface area contributed by atoms with Gasteiger partial charge < -0.3 is 0 Å². The quantitative estimate of drug-likeness (QED) is 0.520. The Balaban J connectivity index is 2.54. The van der Waals surface area contributed by atoms with Crippen molar-refractivity contribution in [3.05, 3.63) is 47.2 Å². The molecule has 0 aromatic rings. The molecule has 0 saturated carbocycles. The van der Waals surface area contributed by atoms with Crippen molar-refractivity contribution in [1.82, 2.24) is 0 Å². The standard InChI is InChI=1S/C20H32SSi/c1-7-16-21-20(22(5,6)17-12-8-9-13-17)15-11-10-14-18(20)19(2,3)4/h8,10-14H,7,9,15-16H2,1-6H3. The van der Waals surface area contributed by atoms with Crippen LogP contribution < -0.4 is 0 Å². The molecule has 2 aliphatic rings. The molecular formula is C20H32SSi. The SMILES string of the molecule is CCCSC1([Si](C)(C)C2=CCC=C2)CC=CC=C1C(C)(C)C. The number of hydrogen-bond acceptors (Lipinski definition) is 1. The Morgan fingerprint density at radius 1 is 1.23 bits per heavy atom. The van der Waals surface area contributed by atoms with Crippen LogP contribution in [0.2, 0.25) is 13.1 Å². The van der Waals surface area contributed by atoms with E-state index in [2.05, 4.69) is 89.0 Å². The molecule has 0 spiro atoms. The minimum atomic E-state index is -1.61.